The number of nitrogens with zero attached hydrogens (tertiary/aromatic N) is 2. The zero-order valence-electron chi connectivity index (χ0n) is 23.1. The molecule has 0 bridgehead atoms. The Morgan fingerprint density at radius 1 is 0.923 bits per heavy atom. The molecule has 0 radical (unpaired) electrons. The number of hydrogen-bond acceptors (Lipinski definition) is 4. The number of aryl methyl sites for hydroxylation is 2. The molecule has 0 aliphatic heterocycles. The van der Waals surface area contributed by atoms with Crippen molar-refractivity contribution in [2.75, 3.05) is 17.4 Å². The van der Waals surface area contributed by atoms with Crippen LogP contribution in [0.3, 0.4) is 0 Å². The first-order valence-electron chi connectivity index (χ1n) is 13.0. The summed E-state index contributed by atoms with van der Waals surface area (Å²) in [6, 6.07) is 18.3. The number of nitrogens with one attached hydrogen (secondary N) is 1. The fraction of sp³-hybridized carbons (Fsp3) is 0.333. The highest BCUT2D eigenvalue weighted by Crippen LogP contribution is 2.31. The van der Waals surface area contributed by atoms with E-state index in [1.165, 1.54) is 17.0 Å². The van der Waals surface area contributed by atoms with Crippen molar-refractivity contribution >= 4 is 39.1 Å². The molecule has 0 saturated heterocycles. The molecule has 0 aliphatic rings. The molecule has 3 aromatic carbocycles. The lowest BCUT2D eigenvalue weighted by molar-refractivity contribution is -0.140. The van der Waals surface area contributed by atoms with E-state index in [0.717, 1.165) is 21.0 Å². The van der Waals surface area contributed by atoms with E-state index in [1.807, 2.05) is 52.0 Å². The highest BCUT2D eigenvalue weighted by Gasteiger charge is 2.34. The number of amides is 2. The first-order valence-corrected chi connectivity index (χ1v) is 14.8. The number of rotatable bonds is 11. The van der Waals surface area contributed by atoms with Crippen LogP contribution >= 0.6 is 11.6 Å². The molecule has 3 rings (SSSR count). The Morgan fingerprint density at radius 3 is 2.21 bits per heavy atom. The Morgan fingerprint density at radius 2 is 1.59 bits per heavy atom. The summed E-state index contributed by atoms with van der Waals surface area (Å²) in [5, 5.41) is 3.20. The Balaban J connectivity index is 2.12. The summed E-state index contributed by atoms with van der Waals surface area (Å²) < 4.78 is 29.1. The van der Waals surface area contributed by atoms with Gasteiger partial charge in [0, 0.05) is 18.1 Å². The van der Waals surface area contributed by atoms with Crippen molar-refractivity contribution in [3.8, 4) is 0 Å². The fourth-order valence-electron chi connectivity index (χ4n) is 4.40. The molecular formula is C30H36ClN3O4S. The second-order valence-electron chi connectivity index (χ2n) is 9.48. The number of sulfonamides is 1. The molecule has 2 amide bonds. The molecular weight excluding hydrogens is 534 g/mol. The lowest BCUT2D eigenvalue weighted by Crippen LogP contribution is -2.52. The van der Waals surface area contributed by atoms with Crippen molar-refractivity contribution in [3.05, 3.63) is 94.0 Å². The third kappa shape index (κ3) is 6.99. The van der Waals surface area contributed by atoms with E-state index < -0.39 is 28.5 Å². The SMILES string of the molecule is CCNC(=O)C(CC)N(Cc1ccccc1C)C(=O)CN(c1cccc(Cl)c1C)S(=O)(=O)c1ccc(C)cc1. The van der Waals surface area contributed by atoms with Gasteiger partial charge in [-0.15, -0.1) is 0 Å². The second-order valence-corrected chi connectivity index (χ2v) is 11.7. The highest BCUT2D eigenvalue weighted by atomic mass is 35.5. The van der Waals surface area contributed by atoms with Gasteiger partial charge in [-0.2, -0.15) is 0 Å². The Bertz CT molecular complexity index is 1420. The van der Waals surface area contributed by atoms with Gasteiger partial charge in [0.1, 0.15) is 12.6 Å². The van der Waals surface area contributed by atoms with E-state index >= 15 is 0 Å². The van der Waals surface area contributed by atoms with Gasteiger partial charge in [-0.25, -0.2) is 8.42 Å². The second kappa shape index (κ2) is 13.1. The molecule has 0 aliphatic carbocycles. The van der Waals surface area contributed by atoms with Crippen LogP contribution < -0.4 is 9.62 Å². The van der Waals surface area contributed by atoms with Crippen LogP contribution in [0.4, 0.5) is 5.69 Å². The van der Waals surface area contributed by atoms with E-state index in [1.54, 1.807) is 37.3 Å². The molecule has 3 aromatic rings. The van der Waals surface area contributed by atoms with Crippen molar-refractivity contribution in [3.63, 3.8) is 0 Å². The van der Waals surface area contributed by atoms with Crippen LogP contribution in [0.15, 0.2) is 71.6 Å². The molecule has 0 aromatic heterocycles. The van der Waals surface area contributed by atoms with Crippen LogP contribution in [0.1, 0.15) is 42.5 Å². The normalized spacial score (nSPS) is 12.1. The maximum Gasteiger partial charge on any atom is 0.264 e. The number of likely N-dealkylation sites (N-methyl/N-ethyl adjacent to an activating group) is 1. The van der Waals surface area contributed by atoms with Crippen LogP contribution in [-0.4, -0.2) is 44.3 Å². The topological polar surface area (TPSA) is 86.8 Å². The minimum absolute atomic E-state index is 0.0569. The third-order valence-electron chi connectivity index (χ3n) is 6.73. The minimum Gasteiger partial charge on any atom is -0.355 e. The lowest BCUT2D eigenvalue weighted by Gasteiger charge is -2.34. The summed E-state index contributed by atoms with van der Waals surface area (Å²) in [5.41, 5.74) is 3.59. The van der Waals surface area contributed by atoms with Crippen LogP contribution in [0.2, 0.25) is 5.02 Å². The number of benzene rings is 3. The third-order valence-corrected chi connectivity index (χ3v) is 8.92. The molecule has 9 heteroatoms. The Kier molecular flexibility index (Phi) is 10.2. The van der Waals surface area contributed by atoms with Gasteiger partial charge in [-0.1, -0.05) is 66.6 Å². The predicted molar refractivity (Wildman–Crippen MR) is 156 cm³/mol. The van der Waals surface area contributed by atoms with Gasteiger partial charge in [0.2, 0.25) is 11.8 Å². The molecule has 1 N–H and O–H groups in total. The minimum atomic E-state index is -4.16. The molecule has 0 fully saturated rings. The number of carbonyl (C=O) groups is 2. The molecule has 1 atom stereocenters. The van der Waals surface area contributed by atoms with Gasteiger partial charge >= 0.3 is 0 Å². The number of halogens is 1. The first-order chi connectivity index (χ1) is 18.5. The molecule has 0 heterocycles. The monoisotopic (exact) mass is 569 g/mol. The van der Waals surface area contributed by atoms with Crippen molar-refractivity contribution in [2.24, 2.45) is 0 Å². The summed E-state index contributed by atoms with van der Waals surface area (Å²) in [4.78, 5) is 28.7. The van der Waals surface area contributed by atoms with Crippen LogP contribution in [0, 0.1) is 20.8 Å². The molecule has 0 spiro atoms. The van der Waals surface area contributed by atoms with Crippen molar-refractivity contribution < 1.29 is 18.0 Å². The van der Waals surface area contributed by atoms with E-state index in [2.05, 4.69) is 5.32 Å². The summed E-state index contributed by atoms with van der Waals surface area (Å²) >= 11 is 6.38. The number of hydrogen-bond donors (Lipinski definition) is 1. The Labute approximate surface area is 236 Å². The standard InChI is InChI=1S/C30H36ClN3O4S/c1-6-27(30(36)32-7-2)33(19-24-12-9-8-11-22(24)4)29(35)20-34(28-14-10-13-26(31)23(28)5)39(37,38)25-17-15-21(3)16-18-25/h8-18,27H,6-7,19-20H2,1-5H3,(H,32,36). The summed E-state index contributed by atoms with van der Waals surface area (Å²) in [5.74, 6) is -0.778. The van der Waals surface area contributed by atoms with Crippen molar-refractivity contribution in [1.82, 2.24) is 10.2 Å². The highest BCUT2D eigenvalue weighted by molar-refractivity contribution is 7.92. The molecule has 7 nitrogen and oxygen atoms in total. The molecule has 208 valence electrons. The van der Waals surface area contributed by atoms with E-state index in [4.69, 9.17) is 11.6 Å². The fourth-order valence-corrected chi connectivity index (χ4v) is 6.04. The van der Waals surface area contributed by atoms with E-state index in [0.29, 0.717) is 29.2 Å². The average Bonchev–Trinajstić information content (AvgIpc) is 2.90. The predicted octanol–water partition coefficient (Wildman–Crippen LogP) is 5.40. The quantitative estimate of drug-likeness (QED) is 0.335. The zero-order valence-corrected chi connectivity index (χ0v) is 24.6. The molecule has 1 unspecified atom stereocenters. The smallest absolute Gasteiger partial charge is 0.264 e. The summed E-state index contributed by atoms with van der Waals surface area (Å²) in [7, 11) is -4.16. The maximum atomic E-state index is 14.1. The van der Waals surface area contributed by atoms with E-state index in [-0.39, 0.29) is 17.3 Å². The molecule has 39 heavy (non-hydrogen) atoms. The van der Waals surface area contributed by atoms with Gasteiger partial charge in [-0.3, -0.25) is 13.9 Å². The van der Waals surface area contributed by atoms with Crippen LogP contribution in [0.25, 0.3) is 0 Å². The van der Waals surface area contributed by atoms with Gasteiger partial charge in [-0.05, 0) is 75.1 Å². The molecule has 0 saturated carbocycles. The van der Waals surface area contributed by atoms with Gasteiger partial charge in [0.25, 0.3) is 10.0 Å². The van der Waals surface area contributed by atoms with Gasteiger partial charge in [0.05, 0.1) is 10.6 Å². The zero-order chi connectivity index (χ0) is 28.7. The largest absolute Gasteiger partial charge is 0.355 e. The van der Waals surface area contributed by atoms with Crippen LogP contribution in [-0.2, 0) is 26.2 Å². The summed E-state index contributed by atoms with van der Waals surface area (Å²) in [6.07, 6.45) is 0.365. The number of anilines is 1. The van der Waals surface area contributed by atoms with Gasteiger partial charge in [0.15, 0.2) is 0 Å². The van der Waals surface area contributed by atoms with Crippen LogP contribution in [0.5, 0.6) is 0 Å². The summed E-state index contributed by atoms with van der Waals surface area (Å²) in [6.45, 7) is 9.25. The van der Waals surface area contributed by atoms with Gasteiger partial charge < -0.3 is 10.2 Å². The lowest BCUT2D eigenvalue weighted by atomic mass is 10.1. The van der Waals surface area contributed by atoms with Crippen molar-refractivity contribution in [2.45, 2.75) is 58.5 Å². The average molecular weight is 570 g/mol. The first kappa shape index (κ1) is 30.2. The van der Waals surface area contributed by atoms with Crippen molar-refractivity contribution in [1.29, 1.82) is 0 Å². The number of carbonyl (C=O) groups excluding carboxylic acids is 2. The Hall–Kier alpha value is -3.36. The maximum absolute atomic E-state index is 14.1. The van der Waals surface area contributed by atoms with E-state index in [9.17, 15) is 18.0 Å².